The minimum atomic E-state index is -0.563. The molecule has 5 rings (SSSR count). The molecule has 2 fully saturated rings. The van der Waals surface area contributed by atoms with Gasteiger partial charge in [-0.2, -0.15) is 14.6 Å². The first-order valence-corrected chi connectivity index (χ1v) is 10.8. The van der Waals surface area contributed by atoms with Gasteiger partial charge in [0.2, 0.25) is 5.95 Å². The predicted octanol–water partition coefficient (Wildman–Crippen LogP) is 3.40. The van der Waals surface area contributed by atoms with Gasteiger partial charge in [0.1, 0.15) is 11.6 Å². The third-order valence-corrected chi connectivity index (χ3v) is 6.14. The van der Waals surface area contributed by atoms with Crippen molar-refractivity contribution in [1.82, 2.24) is 30.1 Å². The number of H-pyrrole nitrogens is 1. The highest BCUT2D eigenvalue weighted by Gasteiger charge is 2.40. The Hall–Kier alpha value is -3.21. The number of rotatable bonds is 7. The summed E-state index contributed by atoms with van der Waals surface area (Å²) < 4.78 is 26.0. The smallest absolute Gasteiger partial charge is 0.407 e. The van der Waals surface area contributed by atoms with Gasteiger partial charge in [-0.1, -0.05) is 0 Å². The Bertz CT molecular complexity index is 1140. The van der Waals surface area contributed by atoms with Crippen LogP contribution in [0, 0.1) is 5.95 Å². The molecule has 0 radical (unpaired) electrons. The van der Waals surface area contributed by atoms with Crippen molar-refractivity contribution in [3.8, 4) is 0 Å². The highest BCUT2D eigenvalue weighted by Crippen LogP contribution is 2.37. The van der Waals surface area contributed by atoms with Crippen LogP contribution in [0.15, 0.2) is 18.3 Å². The number of aromatic nitrogens is 5. The van der Waals surface area contributed by atoms with Crippen LogP contribution in [0.2, 0.25) is 0 Å². The van der Waals surface area contributed by atoms with Crippen LogP contribution in [-0.4, -0.2) is 49.6 Å². The largest absolute Gasteiger partial charge is 0.446 e. The van der Waals surface area contributed by atoms with Gasteiger partial charge < -0.3 is 20.1 Å². The normalized spacial score (nSPS) is 21.6. The van der Waals surface area contributed by atoms with E-state index in [2.05, 4.69) is 30.9 Å². The minimum absolute atomic E-state index is 0.0846. The Morgan fingerprint density at radius 1 is 1.38 bits per heavy atom. The van der Waals surface area contributed by atoms with Crippen LogP contribution in [0.25, 0.3) is 5.52 Å². The molecule has 10 nitrogen and oxygen atoms in total. The van der Waals surface area contributed by atoms with Gasteiger partial charge in [0.15, 0.2) is 11.6 Å². The van der Waals surface area contributed by atoms with Gasteiger partial charge in [0, 0.05) is 30.3 Å². The molecular weight excluding hydrogens is 417 g/mol. The van der Waals surface area contributed by atoms with Crippen molar-refractivity contribution in [1.29, 1.82) is 0 Å². The lowest BCUT2D eigenvalue weighted by Crippen LogP contribution is -2.36. The number of aromatic amines is 1. The van der Waals surface area contributed by atoms with Gasteiger partial charge in [-0.05, 0) is 45.1 Å². The van der Waals surface area contributed by atoms with E-state index in [-0.39, 0.29) is 30.3 Å². The second-order valence-electron chi connectivity index (χ2n) is 8.85. The Kier molecular flexibility index (Phi) is 5.20. The van der Waals surface area contributed by atoms with Gasteiger partial charge >= 0.3 is 6.09 Å². The summed E-state index contributed by atoms with van der Waals surface area (Å²) in [5.41, 5.74) is 1.96. The summed E-state index contributed by atoms with van der Waals surface area (Å²) in [6, 6.07) is 3.63. The molecule has 2 unspecified atom stereocenters. The average molecular weight is 443 g/mol. The lowest BCUT2D eigenvalue weighted by molar-refractivity contribution is 0.0967. The van der Waals surface area contributed by atoms with Gasteiger partial charge in [-0.25, -0.2) is 14.3 Å². The van der Waals surface area contributed by atoms with E-state index in [4.69, 9.17) is 9.47 Å². The molecule has 3 aromatic rings. The quantitative estimate of drug-likeness (QED) is 0.512. The first-order valence-electron chi connectivity index (χ1n) is 10.8. The lowest BCUT2D eigenvalue weighted by Gasteiger charge is -2.16. The molecule has 2 atom stereocenters. The fraction of sp³-hybridized carbons (Fsp3) is 0.524. The fourth-order valence-corrected chi connectivity index (χ4v) is 4.12. The first kappa shape index (κ1) is 20.7. The first-order chi connectivity index (χ1) is 15.4. The average Bonchev–Trinajstić information content (AvgIpc) is 3.18. The summed E-state index contributed by atoms with van der Waals surface area (Å²) in [6.45, 7) is 2.30. The highest BCUT2D eigenvalue weighted by atomic mass is 19.1. The third kappa shape index (κ3) is 4.24. The van der Waals surface area contributed by atoms with Gasteiger partial charge in [0.05, 0.1) is 18.5 Å². The Labute approximate surface area is 183 Å². The number of halogens is 1. The second kappa shape index (κ2) is 8.05. The number of fused-ring (bicyclic) bond motifs is 1. The standard InChI is InChI=1S/C21H26FN7O3/c1-21(5-6-21)25-20(30)32-14-4-3-12(7-14)15-9-18(27-26-15)24-19-16-8-13(11-31-2)28-29(16)17(22)10-23-19/h8-10,12,14H,3-7,11H2,1-2H3,(H,25,30)(H2,23,24,26,27). The fourth-order valence-electron chi connectivity index (χ4n) is 4.12. The van der Waals surface area contributed by atoms with E-state index in [1.165, 1.54) is 4.52 Å². The van der Waals surface area contributed by atoms with Crippen LogP contribution in [0.3, 0.4) is 0 Å². The number of alkyl carbamates (subject to hydrolysis) is 1. The van der Waals surface area contributed by atoms with Crippen LogP contribution >= 0.6 is 0 Å². The molecule has 3 heterocycles. The molecule has 3 N–H and O–H groups in total. The minimum Gasteiger partial charge on any atom is -0.446 e. The summed E-state index contributed by atoms with van der Waals surface area (Å²) >= 11 is 0. The Balaban J connectivity index is 1.24. The molecule has 0 aliphatic heterocycles. The van der Waals surface area contributed by atoms with Gasteiger partial charge in [-0.15, -0.1) is 0 Å². The van der Waals surface area contributed by atoms with Gasteiger partial charge in [-0.3, -0.25) is 5.10 Å². The number of carbonyl (C=O) groups excluding carboxylic acids is 1. The molecular formula is C21H26FN7O3. The maximum Gasteiger partial charge on any atom is 0.407 e. The van der Waals surface area contributed by atoms with Crippen LogP contribution in [0.5, 0.6) is 0 Å². The van der Waals surface area contributed by atoms with Crippen molar-refractivity contribution < 1.29 is 18.7 Å². The van der Waals surface area contributed by atoms with Gasteiger partial charge in [0.25, 0.3) is 0 Å². The predicted molar refractivity (Wildman–Crippen MR) is 113 cm³/mol. The molecule has 32 heavy (non-hydrogen) atoms. The van der Waals surface area contributed by atoms with Crippen LogP contribution < -0.4 is 10.6 Å². The van der Waals surface area contributed by atoms with E-state index in [1.54, 1.807) is 13.2 Å². The monoisotopic (exact) mass is 443 g/mol. The third-order valence-electron chi connectivity index (χ3n) is 6.14. The van der Waals surface area contributed by atoms with Crippen molar-refractivity contribution >= 4 is 23.2 Å². The lowest BCUT2D eigenvalue weighted by atomic mass is 10.0. The van der Waals surface area contributed by atoms with Crippen molar-refractivity contribution in [3.05, 3.63) is 35.7 Å². The summed E-state index contributed by atoms with van der Waals surface area (Å²) in [4.78, 5) is 16.2. The molecule has 0 spiro atoms. The molecule has 2 aliphatic rings. The van der Waals surface area contributed by atoms with E-state index in [1.807, 2.05) is 13.0 Å². The molecule has 0 saturated heterocycles. The van der Waals surface area contributed by atoms with E-state index in [0.29, 0.717) is 22.8 Å². The number of amides is 1. The Morgan fingerprint density at radius 2 is 2.22 bits per heavy atom. The zero-order valence-corrected chi connectivity index (χ0v) is 18.0. The van der Waals surface area contributed by atoms with E-state index >= 15 is 0 Å². The summed E-state index contributed by atoms with van der Waals surface area (Å²) in [5.74, 6) is 0.667. The molecule has 170 valence electrons. The number of hydrogen-bond donors (Lipinski definition) is 3. The van der Waals surface area contributed by atoms with E-state index in [0.717, 1.165) is 44.0 Å². The molecule has 3 aromatic heterocycles. The van der Waals surface area contributed by atoms with Crippen LogP contribution in [0.1, 0.15) is 56.3 Å². The summed E-state index contributed by atoms with van der Waals surface area (Å²) in [5, 5.41) is 17.6. The number of nitrogens with zero attached hydrogens (tertiary/aromatic N) is 4. The number of carbonyl (C=O) groups is 1. The summed E-state index contributed by atoms with van der Waals surface area (Å²) in [6.07, 6.45) is 5.14. The SMILES string of the molecule is COCc1cc2c(Nc3cc(C4CCC(OC(=O)NC5(C)CC5)C4)[nH]n3)ncc(F)n2n1. The maximum absolute atomic E-state index is 14.1. The van der Waals surface area contributed by atoms with Crippen LogP contribution in [-0.2, 0) is 16.1 Å². The second-order valence-corrected chi connectivity index (χ2v) is 8.85. The van der Waals surface area contributed by atoms with Crippen molar-refractivity contribution in [2.75, 3.05) is 12.4 Å². The number of nitrogens with one attached hydrogen (secondary N) is 3. The molecule has 1 amide bonds. The molecule has 2 saturated carbocycles. The van der Waals surface area contributed by atoms with Crippen molar-refractivity contribution in [2.45, 2.75) is 63.2 Å². The molecule has 0 bridgehead atoms. The van der Waals surface area contributed by atoms with Crippen LogP contribution in [0.4, 0.5) is 20.8 Å². The number of anilines is 2. The summed E-state index contributed by atoms with van der Waals surface area (Å²) in [7, 11) is 1.56. The zero-order valence-electron chi connectivity index (χ0n) is 18.0. The van der Waals surface area contributed by atoms with Crippen molar-refractivity contribution in [2.24, 2.45) is 0 Å². The number of ether oxygens (including phenoxy) is 2. The number of methoxy groups -OCH3 is 1. The Morgan fingerprint density at radius 3 is 3.00 bits per heavy atom. The molecule has 11 heteroatoms. The zero-order chi connectivity index (χ0) is 22.3. The van der Waals surface area contributed by atoms with Crippen molar-refractivity contribution in [3.63, 3.8) is 0 Å². The van der Waals surface area contributed by atoms with E-state index < -0.39 is 5.95 Å². The molecule has 2 aliphatic carbocycles. The molecule has 0 aromatic carbocycles. The topological polar surface area (TPSA) is 118 Å². The number of hydrogen-bond acceptors (Lipinski definition) is 7. The highest BCUT2D eigenvalue weighted by molar-refractivity contribution is 5.72. The maximum atomic E-state index is 14.1. The van der Waals surface area contributed by atoms with E-state index in [9.17, 15) is 9.18 Å².